The van der Waals surface area contributed by atoms with Crippen molar-refractivity contribution in [3.63, 3.8) is 0 Å². The Morgan fingerprint density at radius 2 is 2.00 bits per heavy atom. The van der Waals surface area contributed by atoms with Crippen LogP contribution in [0, 0.1) is 6.92 Å². The topological polar surface area (TPSA) is 102 Å². The number of aromatic amines is 1. The number of aromatic nitrogens is 4. The summed E-state index contributed by atoms with van der Waals surface area (Å²) in [7, 11) is -3.74. The van der Waals surface area contributed by atoms with Crippen molar-refractivity contribution in [3.05, 3.63) is 64.5 Å². The first kappa shape index (κ1) is 21.5. The van der Waals surface area contributed by atoms with E-state index in [1.807, 2.05) is 44.3 Å². The normalized spacial score (nSPS) is 12.9. The van der Waals surface area contributed by atoms with Gasteiger partial charge in [-0.1, -0.05) is 21.0 Å². The summed E-state index contributed by atoms with van der Waals surface area (Å²) < 4.78 is 36.9. The Morgan fingerprint density at radius 3 is 2.74 bits per heavy atom. The Morgan fingerprint density at radius 1 is 1.19 bits per heavy atom. The molecule has 0 aliphatic carbocycles. The first-order valence-electron chi connectivity index (χ1n) is 9.75. The maximum absolute atomic E-state index is 12.9. The Kier molecular flexibility index (Phi) is 5.87. The van der Waals surface area contributed by atoms with Gasteiger partial charge in [0.2, 0.25) is 10.0 Å². The lowest BCUT2D eigenvalue weighted by Gasteiger charge is -2.16. The second-order valence-corrected chi connectivity index (χ2v) is 9.74. The van der Waals surface area contributed by atoms with Gasteiger partial charge in [-0.15, -0.1) is 5.10 Å². The molecule has 4 aromatic rings. The number of sulfonamides is 1. The fraction of sp³-hybridized carbons (Fsp3) is 0.238. The zero-order chi connectivity index (χ0) is 22.2. The average Bonchev–Trinajstić information content (AvgIpc) is 3.35. The number of H-pyrrole nitrogens is 1. The van der Waals surface area contributed by atoms with Crippen LogP contribution in [0.1, 0.15) is 31.3 Å². The number of rotatable bonds is 7. The van der Waals surface area contributed by atoms with Crippen molar-refractivity contribution in [1.82, 2.24) is 24.5 Å². The molecule has 31 heavy (non-hydrogen) atoms. The first-order valence-corrected chi connectivity index (χ1v) is 12.0. The molecule has 0 aliphatic heterocycles. The number of hydrogen-bond acceptors (Lipinski definition) is 5. The van der Waals surface area contributed by atoms with Gasteiger partial charge in [-0.25, -0.2) is 13.1 Å². The molecule has 2 N–H and O–H groups in total. The summed E-state index contributed by atoms with van der Waals surface area (Å²) in [6.07, 6.45) is 1.86. The monoisotopic (exact) mass is 503 g/mol. The second kappa shape index (κ2) is 8.45. The van der Waals surface area contributed by atoms with E-state index in [-0.39, 0.29) is 4.90 Å². The molecule has 4 rings (SSSR count). The molecule has 0 unspecified atom stereocenters. The molecule has 2 aromatic heterocycles. The van der Waals surface area contributed by atoms with Gasteiger partial charge >= 0.3 is 6.01 Å². The number of benzene rings is 2. The maximum atomic E-state index is 12.9. The highest BCUT2D eigenvalue weighted by Crippen LogP contribution is 2.27. The minimum atomic E-state index is -3.74. The molecule has 162 valence electrons. The van der Waals surface area contributed by atoms with Gasteiger partial charge < -0.3 is 9.72 Å². The third-order valence-electron chi connectivity index (χ3n) is 4.96. The summed E-state index contributed by atoms with van der Waals surface area (Å²) in [6, 6.07) is 12.3. The van der Waals surface area contributed by atoms with Gasteiger partial charge in [-0.2, -0.15) is 0 Å². The van der Waals surface area contributed by atoms with E-state index >= 15 is 0 Å². The molecule has 0 spiro atoms. The van der Waals surface area contributed by atoms with Gasteiger partial charge in [0.25, 0.3) is 0 Å². The number of fused-ring (bicyclic) bond motifs is 1. The molecular weight excluding hydrogens is 482 g/mol. The van der Waals surface area contributed by atoms with Crippen LogP contribution in [0.3, 0.4) is 0 Å². The molecule has 1 atom stereocenters. The van der Waals surface area contributed by atoms with Crippen molar-refractivity contribution < 1.29 is 13.2 Å². The number of nitrogens with one attached hydrogen (secondary N) is 2. The maximum Gasteiger partial charge on any atom is 0.322 e. The summed E-state index contributed by atoms with van der Waals surface area (Å²) in [5.74, 6) is 1.08. The molecule has 0 amide bonds. The average molecular weight is 504 g/mol. The third kappa shape index (κ3) is 4.36. The van der Waals surface area contributed by atoms with Gasteiger partial charge in [0.1, 0.15) is 5.75 Å². The Labute approximate surface area is 188 Å². The van der Waals surface area contributed by atoms with E-state index < -0.39 is 16.1 Å². The Hall–Kier alpha value is -2.69. The highest BCUT2D eigenvalue weighted by atomic mass is 79.9. The SMILES string of the molecule is CCn1c(Oc2ccc3cc[nH]c3c2)nnc1[C@@H](C)NS(=O)(=O)c1ccc(Br)c(C)c1. The van der Waals surface area contributed by atoms with Crippen molar-refractivity contribution in [2.24, 2.45) is 0 Å². The fourth-order valence-corrected chi connectivity index (χ4v) is 4.86. The van der Waals surface area contributed by atoms with E-state index in [2.05, 4.69) is 35.8 Å². The van der Waals surface area contributed by atoms with E-state index in [1.165, 1.54) is 0 Å². The summed E-state index contributed by atoms with van der Waals surface area (Å²) >= 11 is 3.39. The lowest BCUT2D eigenvalue weighted by molar-refractivity contribution is 0.408. The van der Waals surface area contributed by atoms with Crippen LogP contribution >= 0.6 is 15.9 Å². The van der Waals surface area contributed by atoms with Crippen molar-refractivity contribution in [2.45, 2.75) is 38.3 Å². The van der Waals surface area contributed by atoms with E-state index in [9.17, 15) is 8.42 Å². The molecule has 0 saturated heterocycles. The van der Waals surface area contributed by atoms with Gasteiger partial charge in [0.15, 0.2) is 5.82 Å². The standard InChI is InChI=1S/C21H22BrN5O3S/c1-4-27-20(14(3)26-31(28,29)17-7-8-18(22)13(2)11-17)24-25-21(27)30-16-6-5-15-9-10-23-19(15)12-16/h5-12,14,23,26H,4H2,1-3H3/t14-/m1/s1. The number of nitrogens with zero attached hydrogens (tertiary/aromatic N) is 3. The highest BCUT2D eigenvalue weighted by molar-refractivity contribution is 9.10. The number of ether oxygens (including phenoxy) is 1. The Balaban J connectivity index is 1.57. The molecule has 0 radical (unpaired) electrons. The fourth-order valence-electron chi connectivity index (χ4n) is 3.33. The predicted molar refractivity (Wildman–Crippen MR) is 122 cm³/mol. The molecule has 10 heteroatoms. The van der Waals surface area contributed by atoms with Gasteiger partial charge in [0.05, 0.1) is 10.9 Å². The zero-order valence-electron chi connectivity index (χ0n) is 17.3. The van der Waals surface area contributed by atoms with Crippen LogP contribution in [0.5, 0.6) is 11.8 Å². The van der Waals surface area contributed by atoms with Crippen molar-refractivity contribution in [3.8, 4) is 11.8 Å². The molecule has 0 aliphatic rings. The van der Waals surface area contributed by atoms with Crippen molar-refractivity contribution >= 4 is 36.9 Å². The van der Waals surface area contributed by atoms with Crippen LogP contribution in [0.4, 0.5) is 0 Å². The quantitative estimate of drug-likeness (QED) is 0.381. The minimum Gasteiger partial charge on any atom is -0.424 e. The van der Waals surface area contributed by atoms with E-state index in [1.54, 1.807) is 29.7 Å². The molecule has 2 aromatic carbocycles. The number of hydrogen-bond donors (Lipinski definition) is 2. The molecule has 0 fully saturated rings. The third-order valence-corrected chi connectivity index (χ3v) is 7.38. The van der Waals surface area contributed by atoms with Crippen LogP contribution in [-0.4, -0.2) is 28.2 Å². The first-order chi connectivity index (χ1) is 14.8. The number of halogens is 1. The number of aryl methyl sites for hydroxylation is 1. The summed E-state index contributed by atoms with van der Waals surface area (Å²) in [4.78, 5) is 3.34. The van der Waals surface area contributed by atoms with E-state index in [4.69, 9.17) is 4.74 Å². The lowest BCUT2D eigenvalue weighted by atomic mass is 10.2. The predicted octanol–water partition coefficient (Wildman–Crippen LogP) is 4.68. The van der Waals surface area contributed by atoms with Crippen LogP contribution in [-0.2, 0) is 16.6 Å². The van der Waals surface area contributed by atoms with Gasteiger partial charge in [-0.3, -0.25) is 4.57 Å². The van der Waals surface area contributed by atoms with Gasteiger partial charge in [0, 0.05) is 28.8 Å². The molecule has 0 saturated carbocycles. The highest BCUT2D eigenvalue weighted by Gasteiger charge is 2.24. The molecular formula is C21H22BrN5O3S. The zero-order valence-corrected chi connectivity index (χ0v) is 19.7. The molecule has 0 bridgehead atoms. The van der Waals surface area contributed by atoms with Crippen LogP contribution in [0.2, 0.25) is 0 Å². The summed E-state index contributed by atoms with van der Waals surface area (Å²) in [5, 5.41) is 9.41. The van der Waals surface area contributed by atoms with Crippen LogP contribution < -0.4 is 9.46 Å². The summed E-state index contributed by atoms with van der Waals surface area (Å²) in [5.41, 5.74) is 1.79. The van der Waals surface area contributed by atoms with E-state index in [0.717, 1.165) is 20.9 Å². The lowest BCUT2D eigenvalue weighted by Crippen LogP contribution is -2.29. The molecule has 2 heterocycles. The van der Waals surface area contributed by atoms with Crippen LogP contribution in [0.15, 0.2) is 58.0 Å². The van der Waals surface area contributed by atoms with Crippen molar-refractivity contribution in [2.75, 3.05) is 0 Å². The van der Waals surface area contributed by atoms with Crippen molar-refractivity contribution in [1.29, 1.82) is 0 Å². The molecule has 8 nitrogen and oxygen atoms in total. The second-order valence-electron chi connectivity index (χ2n) is 7.17. The Bertz CT molecular complexity index is 1350. The van der Waals surface area contributed by atoms with E-state index in [0.29, 0.717) is 24.1 Å². The van der Waals surface area contributed by atoms with Gasteiger partial charge in [-0.05, 0) is 68.1 Å². The smallest absolute Gasteiger partial charge is 0.322 e. The van der Waals surface area contributed by atoms with Crippen LogP contribution in [0.25, 0.3) is 10.9 Å². The summed E-state index contributed by atoms with van der Waals surface area (Å²) in [6.45, 7) is 6.02. The largest absolute Gasteiger partial charge is 0.424 e. The minimum absolute atomic E-state index is 0.193.